The van der Waals surface area contributed by atoms with Gasteiger partial charge in [0, 0.05) is 32.5 Å². The van der Waals surface area contributed by atoms with Gasteiger partial charge in [-0.2, -0.15) is 0 Å². The van der Waals surface area contributed by atoms with Crippen LogP contribution in [0.1, 0.15) is 31.7 Å². The van der Waals surface area contributed by atoms with Crippen LogP contribution in [0.4, 0.5) is 0 Å². The minimum Gasteiger partial charge on any atom is -0.491 e. The van der Waals surface area contributed by atoms with E-state index in [-0.39, 0.29) is 18.9 Å². The van der Waals surface area contributed by atoms with Crippen LogP contribution >= 0.6 is 0 Å². The van der Waals surface area contributed by atoms with Crippen molar-refractivity contribution in [1.29, 1.82) is 0 Å². The van der Waals surface area contributed by atoms with Gasteiger partial charge in [0.2, 0.25) is 5.91 Å². The number of aliphatic carboxylic acids is 1. The molecule has 0 aliphatic heterocycles. The van der Waals surface area contributed by atoms with E-state index in [1.165, 1.54) is 0 Å². The zero-order valence-corrected chi connectivity index (χ0v) is 14.7. The van der Waals surface area contributed by atoms with Crippen molar-refractivity contribution in [3.63, 3.8) is 0 Å². The molecule has 1 atom stereocenters. The monoisotopic (exact) mass is 352 g/mol. The van der Waals surface area contributed by atoms with E-state index in [9.17, 15) is 14.7 Å². The molecule has 0 fully saturated rings. The standard InChI is InChI=1S/C18H28N2O5/c1-2-3-17(22)20-11-10-19-12-15(21)13-25-16-7-4-14(5-8-16)6-9-18(23)24/h4-5,7-8,15,19,21H,2-3,6,9-13H2,1H3,(H,20,22)(H,23,24). The van der Waals surface area contributed by atoms with Gasteiger partial charge < -0.3 is 25.6 Å². The lowest BCUT2D eigenvalue weighted by atomic mass is 10.1. The molecule has 0 spiro atoms. The van der Waals surface area contributed by atoms with E-state index in [0.29, 0.717) is 38.2 Å². The summed E-state index contributed by atoms with van der Waals surface area (Å²) in [5.41, 5.74) is 0.932. The van der Waals surface area contributed by atoms with Crippen molar-refractivity contribution >= 4 is 11.9 Å². The van der Waals surface area contributed by atoms with Crippen LogP contribution in [0.5, 0.6) is 5.75 Å². The van der Waals surface area contributed by atoms with E-state index >= 15 is 0 Å². The Morgan fingerprint density at radius 2 is 1.88 bits per heavy atom. The van der Waals surface area contributed by atoms with Gasteiger partial charge in [0.1, 0.15) is 18.5 Å². The Balaban J connectivity index is 2.14. The van der Waals surface area contributed by atoms with Crippen LogP contribution in [0.3, 0.4) is 0 Å². The number of ether oxygens (including phenoxy) is 1. The molecule has 1 aromatic carbocycles. The lowest BCUT2D eigenvalue weighted by Gasteiger charge is -2.14. The Bertz CT molecular complexity index is 519. The summed E-state index contributed by atoms with van der Waals surface area (Å²) in [4.78, 5) is 21.8. The summed E-state index contributed by atoms with van der Waals surface area (Å²) in [7, 11) is 0. The molecule has 0 saturated carbocycles. The van der Waals surface area contributed by atoms with Gasteiger partial charge in [-0.3, -0.25) is 9.59 Å². The van der Waals surface area contributed by atoms with Gasteiger partial charge in [0.15, 0.2) is 0 Å². The van der Waals surface area contributed by atoms with Gasteiger partial charge >= 0.3 is 5.97 Å². The Hall–Kier alpha value is -2.12. The molecule has 1 unspecified atom stereocenters. The summed E-state index contributed by atoms with van der Waals surface area (Å²) in [6.45, 7) is 3.61. The number of carbonyl (C=O) groups is 2. The van der Waals surface area contributed by atoms with Gasteiger partial charge in [-0.15, -0.1) is 0 Å². The molecule has 0 radical (unpaired) electrons. The lowest BCUT2D eigenvalue weighted by molar-refractivity contribution is -0.137. The Kier molecular flexibility index (Phi) is 10.3. The number of aryl methyl sites for hydroxylation is 1. The number of carboxylic acids is 1. The first-order valence-corrected chi connectivity index (χ1v) is 8.60. The zero-order chi connectivity index (χ0) is 18.5. The van der Waals surface area contributed by atoms with E-state index in [2.05, 4.69) is 10.6 Å². The van der Waals surface area contributed by atoms with Crippen LogP contribution in [0.15, 0.2) is 24.3 Å². The normalized spacial score (nSPS) is 11.8. The summed E-state index contributed by atoms with van der Waals surface area (Å²) in [6.07, 6.45) is 1.29. The third-order valence-corrected chi connectivity index (χ3v) is 3.47. The van der Waals surface area contributed by atoms with Crippen LogP contribution in [-0.2, 0) is 16.0 Å². The van der Waals surface area contributed by atoms with E-state index in [1.807, 2.05) is 19.1 Å². The molecule has 0 aliphatic carbocycles. The molecule has 7 heteroatoms. The summed E-state index contributed by atoms with van der Waals surface area (Å²) in [6, 6.07) is 7.17. The Morgan fingerprint density at radius 1 is 1.16 bits per heavy atom. The van der Waals surface area contributed by atoms with Gasteiger partial charge in [-0.1, -0.05) is 19.1 Å². The SMILES string of the molecule is CCCC(=O)NCCNCC(O)COc1ccc(CCC(=O)O)cc1. The second-order valence-corrected chi connectivity index (χ2v) is 5.81. The first kappa shape index (κ1) is 20.9. The van der Waals surface area contributed by atoms with Crippen molar-refractivity contribution in [3.05, 3.63) is 29.8 Å². The molecule has 0 aromatic heterocycles. The third kappa shape index (κ3) is 10.4. The van der Waals surface area contributed by atoms with Gasteiger partial charge in [-0.25, -0.2) is 0 Å². The summed E-state index contributed by atoms with van der Waals surface area (Å²) in [5.74, 6) is -0.147. The number of nitrogens with one attached hydrogen (secondary N) is 2. The summed E-state index contributed by atoms with van der Waals surface area (Å²) in [5, 5.41) is 24.4. The molecule has 140 valence electrons. The maximum Gasteiger partial charge on any atom is 0.303 e. The van der Waals surface area contributed by atoms with Crippen molar-refractivity contribution in [3.8, 4) is 5.75 Å². The number of benzene rings is 1. The highest BCUT2D eigenvalue weighted by Crippen LogP contribution is 2.13. The minimum absolute atomic E-state index is 0.0417. The molecule has 0 heterocycles. The molecular formula is C18H28N2O5. The smallest absolute Gasteiger partial charge is 0.303 e. The number of amides is 1. The number of rotatable bonds is 13. The van der Waals surface area contributed by atoms with Crippen LogP contribution in [0, 0.1) is 0 Å². The Morgan fingerprint density at radius 3 is 2.52 bits per heavy atom. The maximum atomic E-state index is 11.3. The minimum atomic E-state index is -0.819. The quantitative estimate of drug-likeness (QED) is 0.394. The average Bonchev–Trinajstić information content (AvgIpc) is 2.59. The molecule has 25 heavy (non-hydrogen) atoms. The average molecular weight is 352 g/mol. The van der Waals surface area contributed by atoms with Crippen molar-refractivity contribution in [1.82, 2.24) is 10.6 Å². The second kappa shape index (κ2) is 12.3. The molecule has 0 aliphatic rings. The number of carbonyl (C=O) groups excluding carboxylic acids is 1. The second-order valence-electron chi connectivity index (χ2n) is 5.81. The van der Waals surface area contributed by atoms with Crippen LogP contribution in [0.2, 0.25) is 0 Å². The molecule has 0 bridgehead atoms. The first-order chi connectivity index (χ1) is 12.0. The van der Waals surface area contributed by atoms with E-state index in [0.717, 1.165) is 12.0 Å². The predicted octanol–water partition coefficient (Wildman–Crippen LogP) is 0.949. The van der Waals surface area contributed by atoms with E-state index < -0.39 is 12.1 Å². The molecule has 0 saturated heterocycles. The van der Waals surface area contributed by atoms with Crippen molar-refractivity contribution < 1.29 is 24.5 Å². The highest BCUT2D eigenvalue weighted by atomic mass is 16.5. The highest BCUT2D eigenvalue weighted by Gasteiger charge is 2.06. The number of aliphatic hydroxyl groups is 1. The van der Waals surface area contributed by atoms with Crippen molar-refractivity contribution in [2.24, 2.45) is 0 Å². The molecule has 7 nitrogen and oxygen atoms in total. The molecule has 1 rings (SSSR count). The van der Waals surface area contributed by atoms with Crippen molar-refractivity contribution in [2.75, 3.05) is 26.2 Å². The number of hydrogen-bond acceptors (Lipinski definition) is 5. The predicted molar refractivity (Wildman–Crippen MR) is 94.7 cm³/mol. The van der Waals surface area contributed by atoms with Gasteiger partial charge in [-0.05, 0) is 30.5 Å². The van der Waals surface area contributed by atoms with Crippen LogP contribution in [-0.4, -0.2) is 54.4 Å². The largest absolute Gasteiger partial charge is 0.491 e. The maximum absolute atomic E-state index is 11.3. The van der Waals surface area contributed by atoms with Gasteiger partial charge in [0.25, 0.3) is 0 Å². The van der Waals surface area contributed by atoms with Crippen LogP contribution in [0.25, 0.3) is 0 Å². The van der Waals surface area contributed by atoms with Crippen LogP contribution < -0.4 is 15.4 Å². The number of hydrogen-bond donors (Lipinski definition) is 4. The number of carboxylic acid groups (broad SMARTS) is 1. The van der Waals surface area contributed by atoms with Gasteiger partial charge in [0.05, 0.1) is 0 Å². The lowest BCUT2D eigenvalue weighted by Crippen LogP contribution is -2.37. The summed E-state index contributed by atoms with van der Waals surface area (Å²) < 4.78 is 5.50. The van der Waals surface area contributed by atoms with Crippen molar-refractivity contribution in [2.45, 2.75) is 38.7 Å². The Labute approximate surface area is 148 Å². The third-order valence-electron chi connectivity index (χ3n) is 3.47. The fourth-order valence-electron chi connectivity index (χ4n) is 2.13. The molecule has 1 amide bonds. The fraction of sp³-hybridized carbons (Fsp3) is 0.556. The zero-order valence-electron chi connectivity index (χ0n) is 14.7. The molecular weight excluding hydrogens is 324 g/mol. The summed E-state index contributed by atoms with van der Waals surface area (Å²) >= 11 is 0. The highest BCUT2D eigenvalue weighted by molar-refractivity contribution is 5.75. The van der Waals surface area contributed by atoms with E-state index in [4.69, 9.17) is 9.84 Å². The molecule has 1 aromatic rings. The first-order valence-electron chi connectivity index (χ1n) is 8.60. The number of aliphatic hydroxyl groups excluding tert-OH is 1. The van der Waals surface area contributed by atoms with E-state index in [1.54, 1.807) is 12.1 Å². The topological polar surface area (TPSA) is 108 Å². The fourth-order valence-corrected chi connectivity index (χ4v) is 2.13. The molecule has 4 N–H and O–H groups in total.